The van der Waals surface area contributed by atoms with Crippen molar-refractivity contribution in [2.24, 2.45) is 0 Å². The second-order valence-corrected chi connectivity index (χ2v) is 6.08. The summed E-state index contributed by atoms with van der Waals surface area (Å²) in [7, 11) is 0. The van der Waals surface area contributed by atoms with Crippen molar-refractivity contribution in [3.8, 4) is 0 Å². The van der Waals surface area contributed by atoms with E-state index in [1.807, 2.05) is 12.5 Å². The molecule has 6 heteroatoms. The lowest BCUT2D eigenvalue weighted by Gasteiger charge is -2.05. The first-order valence-electron chi connectivity index (χ1n) is 4.71. The minimum atomic E-state index is -0.375. The van der Waals surface area contributed by atoms with Crippen LogP contribution in [0.2, 0.25) is 0 Å². The molecule has 0 aromatic heterocycles. The predicted molar refractivity (Wildman–Crippen MR) is 76.7 cm³/mol. The molecule has 2 nitrogen and oxygen atoms in total. The van der Waals surface area contributed by atoms with Gasteiger partial charge in [-0.1, -0.05) is 0 Å². The summed E-state index contributed by atoms with van der Waals surface area (Å²) in [6.07, 6.45) is 3.84. The molecule has 0 radical (unpaired) electrons. The van der Waals surface area contributed by atoms with Crippen molar-refractivity contribution in [3.63, 3.8) is 0 Å². The summed E-state index contributed by atoms with van der Waals surface area (Å²) in [5, 5.41) is 2.68. The summed E-state index contributed by atoms with van der Waals surface area (Å²) in [5.74, 6) is -0.545. The Balaban J connectivity index is 2.65. The monoisotopic (exact) mass is 333 g/mol. The van der Waals surface area contributed by atoms with Crippen LogP contribution in [0.15, 0.2) is 20.8 Å². The van der Waals surface area contributed by atoms with Gasteiger partial charge in [0.25, 0.3) is 5.91 Å². The molecule has 0 bridgehead atoms. The zero-order valence-electron chi connectivity index (χ0n) is 9.14. The van der Waals surface area contributed by atoms with E-state index in [9.17, 15) is 9.18 Å². The maximum atomic E-state index is 13.4. The summed E-state index contributed by atoms with van der Waals surface area (Å²) >= 11 is 6.17. The highest BCUT2D eigenvalue weighted by Crippen LogP contribution is 2.42. The Morgan fingerprint density at radius 2 is 2.00 bits per heavy atom. The molecule has 1 aliphatic rings. The fraction of sp³-hybridized carbons (Fsp3) is 0.182. The third-order valence-electron chi connectivity index (χ3n) is 2.38. The number of nitrogens with one attached hydrogen (secondary N) is 1. The molecular formula is C11H9BrFNOS2. The molecule has 1 amide bonds. The number of thioether (sulfide) groups is 2. The quantitative estimate of drug-likeness (QED) is 0.831. The van der Waals surface area contributed by atoms with Crippen LogP contribution in [0, 0.1) is 5.82 Å². The van der Waals surface area contributed by atoms with Crippen LogP contribution in [-0.2, 0) is 4.79 Å². The second-order valence-electron chi connectivity index (χ2n) is 3.34. The van der Waals surface area contributed by atoms with Gasteiger partial charge >= 0.3 is 0 Å². The molecule has 1 aromatic rings. The minimum absolute atomic E-state index is 0.170. The third-order valence-corrected chi connectivity index (χ3v) is 5.14. The van der Waals surface area contributed by atoms with Crippen LogP contribution >= 0.6 is 39.5 Å². The maximum Gasteiger partial charge on any atom is 0.258 e. The Morgan fingerprint density at radius 3 is 2.59 bits per heavy atom. The van der Waals surface area contributed by atoms with E-state index < -0.39 is 0 Å². The standard InChI is InChI=1S/C11H9BrFNOS2/c1-16-11(17-2)9-5-3-6(12)7(13)4-8(5)14-10(9)15/h3-4H,1-2H3,(H,14,15). The number of carbonyl (C=O) groups is 1. The Morgan fingerprint density at radius 1 is 1.35 bits per heavy atom. The molecule has 1 aromatic carbocycles. The predicted octanol–water partition coefficient (Wildman–Crippen LogP) is 3.93. The molecule has 1 N–H and O–H groups in total. The van der Waals surface area contributed by atoms with Crippen molar-refractivity contribution in [1.29, 1.82) is 0 Å². The Labute approximate surface area is 116 Å². The van der Waals surface area contributed by atoms with Crippen LogP contribution < -0.4 is 5.32 Å². The van der Waals surface area contributed by atoms with Crippen molar-refractivity contribution < 1.29 is 9.18 Å². The van der Waals surface area contributed by atoms with E-state index in [2.05, 4.69) is 21.2 Å². The number of rotatable bonds is 2. The summed E-state index contributed by atoms with van der Waals surface area (Å²) in [5.41, 5.74) is 1.91. The average molecular weight is 334 g/mol. The number of halogens is 2. The molecule has 0 atom stereocenters. The zero-order valence-corrected chi connectivity index (χ0v) is 12.4. The Bertz CT molecular complexity index is 524. The SMILES string of the molecule is CSC(SC)=C1C(=O)Nc2cc(F)c(Br)cc21. The molecule has 1 heterocycles. The minimum Gasteiger partial charge on any atom is -0.321 e. The molecule has 0 fully saturated rings. The van der Waals surface area contributed by atoms with Gasteiger partial charge in [-0.2, -0.15) is 0 Å². The number of hydrogen-bond donors (Lipinski definition) is 1. The average Bonchev–Trinajstić information content (AvgIpc) is 2.59. The van der Waals surface area contributed by atoms with Gasteiger partial charge in [0.1, 0.15) is 5.82 Å². The van der Waals surface area contributed by atoms with E-state index in [0.29, 0.717) is 15.7 Å². The van der Waals surface area contributed by atoms with Crippen LogP contribution in [0.1, 0.15) is 5.56 Å². The molecule has 0 spiro atoms. The Kier molecular flexibility index (Phi) is 3.85. The summed E-state index contributed by atoms with van der Waals surface area (Å²) in [6.45, 7) is 0. The number of amides is 1. The highest BCUT2D eigenvalue weighted by molar-refractivity contribution is 9.10. The van der Waals surface area contributed by atoms with Gasteiger partial charge < -0.3 is 5.32 Å². The largest absolute Gasteiger partial charge is 0.321 e. The number of anilines is 1. The number of benzene rings is 1. The maximum absolute atomic E-state index is 13.4. The number of hydrogen-bond acceptors (Lipinski definition) is 3. The fourth-order valence-electron chi connectivity index (χ4n) is 1.65. The van der Waals surface area contributed by atoms with Crippen LogP contribution in [0.25, 0.3) is 5.57 Å². The van der Waals surface area contributed by atoms with Crippen LogP contribution in [0.3, 0.4) is 0 Å². The lowest BCUT2D eigenvalue weighted by molar-refractivity contribution is -0.110. The summed E-state index contributed by atoms with van der Waals surface area (Å²) in [6, 6.07) is 2.98. The molecule has 0 unspecified atom stereocenters. The van der Waals surface area contributed by atoms with Gasteiger partial charge in [-0.25, -0.2) is 4.39 Å². The van der Waals surface area contributed by atoms with Gasteiger partial charge in [0.2, 0.25) is 0 Å². The zero-order chi connectivity index (χ0) is 12.6. The molecule has 1 aliphatic heterocycles. The van der Waals surface area contributed by atoms with E-state index in [0.717, 1.165) is 9.80 Å². The first-order chi connectivity index (χ1) is 8.08. The van der Waals surface area contributed by atoms with Gasteiger partial charge in [0.15, 0.2) is 0 Å². The molecule has 17 heavy (non-hydrogen) atoms. The first-order valence-corrected chi connectivity index (χ1v) is 7.95. The molecule has 90 valence electrons. The van der Waals surface area contributed by atoms with E-state index in [1.54, 1.807) is 6.07 Å². The van der Waals surface area contributed by atoms with E-state index >= 15 is 0 Å². The third kappa shape index (κ3) is 2.26. The second kappa shape index (κ2) is 5.04. The summed E-state index contributed by atoms with van der Waals surface area (Å²) < 4.78 is 14.7. The van der Waals surface area contributed by atoms with Crippen molar-refractivity contribution in [2.75, 3.05) is 17.8 Å². The van der Waals surface area contributed by atoms with Crippen molar-refractivity contribution in [1.82, 2.24) is 0 Å². The smallest absolute Gasteiger partial charge is 0.258 e. The topological polar surface area (TPSA) is 29.1 Å². The molecule has 0 saturated carbocycles. The van der Waals surface area contributed by atoms with E-state index in [-0.39, 0.29) is 11.7 Å². The van der Waals surface area contributed by atoms with E-state index in [1.165, 1.54) is 29.6 Å². The fourth-order valence-corrected chi connectivity index (χ4v) is 3.48. The lowest BCUT2D eigenvalue weighted by Crippen LogP contribution is -2.04. The van der Waals surface area contributed by atoms with Gasteiger partial charge in [-0.15, -0.1) is 23.5 Å². The molecule has 0 saturated heterocycles. The van der Waals surface area contributed by atoms with Crippen molar-refractivity contribution in [3.05, 3.63) is 32.2 Å². The highest BCUT2D eigenvalue weighted by Gasteiger charge is 2.28. The molecular weight excluding hydrogens is 325 g/mol. The van der Waals surface area contributed by atoms with Gasteiger partial charge in [0, 0.05) is 5.56 Å². The van der Waals surface area contributed by atoms with Crippen LogP contribution in [0.4, 0.5) is 10.1 Å². The van der Waals surface area contributed by atoms with Gasteiger partial charge in [0.05, 0.1) is 20.0 Å². The van der Waals surface area contributed by atoms with Crippen molar-refractivity contribution in [2.45, 2.75) is 0 Å². The van der Waals surface area contributed by atoms with E-state index in [4.69, 9.17) is 0 Å². The lowest BCUT2D eigenvalue weighted by atomic mass is 10.1. The Hall–Kier alpha value is -0.460. The van der Waals surface area contributed by atoms with Crippen LogP contribution in [0.5, 0.6) is 0 Å². The normalized spacial score (nSPS) is 13.6. The number of carbonyl (C=O) groups excluding carboxylic acids is 1. The highest BCUT2D eigenvalue weighted by atomic mass is 79.9. The van der Waals surface area contributed by atoms with Crippen molar-refractivity contribution >= 4 is 56.6 Å². The van der Waals surface area contributed by atoms with Crippen LogP contribution in [-0.4, -0.2) is 18.4 Å². The number of fused-ring (bicyclic) bond motifs is 1. The summed E-state index contributed by atoms with van der Waals surface area (Å²) in [4.78, 5) is 11.9. The molecule has 0 aliphatic carbocycles. The molecule has 2 rings (SSSR count). The van der Waals surface area contributed by atoms with Gasteiger partial charge in [-0.3, -0.25) is 4.79 Å². The van der Waals surface area contributed by atoms with Gasteiger partial charge in [-0.05, 0) is 40.6 Å². The first kappa shape index (κ1) is 13.0.